The van der Waals surface area contributed by atoms with E-state index >= 15 is 0 Å². The lowest BCUT2D eigenvalue weighted by Gasteiger charge is -2.11. The van der Waals surface area contributed by atoms with Crippen LogP contribution >= 0.6 is 0 Å². The molecule has 2 rings (SSSR count). The van der Waals surface area contributed by atoms with Gasteiger partial charge in [-0.05, 0) is 12.5 Å². The standard InChI is InChI=1S/C13H17N3O2/c1-8-4-3-5-9-11(8)16-13(18)12(9)15-7-6-10(17)14-2/h3-5,12,15H,6-7H2,1-2H3,(H,14,17)(H,16,18). The number of hydrogen-bond donors (Lipinski definition) is 3. The van der Waals surface area contributed by atoms with E-state index in [1.807, 2.05) is 25.1 Å². The van der Waals surface area contributed by atoms with E-state index in [0.717, 1.165) is 16.8 Å². The average molecular weight is 247 g/mol. The maximum atomic E-state index is 11.9. The number of benzene rings is 1. The van der Waals surface area contributed by atoms with Crippen molar-refractivity contribution in [3.05, 3.63) is 29.3 Å². The summed E-state index contributed by atoms with van der Waals surface area (Å²) in [6.07, 6.45) is 0.363. The zero-order valence-electron chi connectivity index (χ0n) is 10.5. The molecule has 1 aliphatic heterocycles. The van der Waals surface area contributed by atoms with E-state index in [2.05, 4.69) is 16.0 Å². The van der Waals surface area contributed by atoms with Gasteiger partial charge in [0.25, 0.3) is 0 Å². The minimum Gasteiger partial charge on any atom is -0.359 e. The number of aryl methyl sites for hydroxylation is 1. The number of hydrogen-bond acceptors (Lipinski definition) is 3. The Morgan fingerprint density at radius 2 is 2.22 bits per heavy atom. The molecule has 1 aliphatic rings. The van der Waals surface area contributed by atoms with E-state index in [0.29, 0.717) is 13.0 Å². The van der Waals surface area contributed by atoms with E-state index in [1.54, 1.807) is 7.05 Å². The fourth-order valence-electron chi connectivity index (χ4n) is 2.10. The molecule has 5 heteroatoms. The van der Waals surface area contributed by atoms with E-state index < -0.39 is 0 Å². The minimum absolute atomic E-state index is 0.0367. The molecule has 3 N–H and O–H groups in total. The fourth-order valence-corrected chi connectivity index (χ4v) is 2.10. The van der Waals surface area contributed by atoms with Gasteiger partial charge in [0.15, 0.2) is 0 Å². The lowest BCUT2D eigenvalue weighted by molar-refractivity contribution is -0.121. The Kier molecular flexibility index (Phi) is 3.62. The molecule has 1 atom stereocenters. The number of carbonyl (C=O) groups is 2. The number of fused-ring (bicyclic) bond motifs is 1. The van der Waals surface area contributed by atoms with Gasteiger partial charge >= 0.3 is 0 Å². The maximum Gasteiger partial charge on any atom is 0.246 e. The predicted octanol–water partition coefficient (Wildman–Crippen LogP) is 0.714. The van der Waals surface area contributed by atoms with E-state index in [9.17, 15) is 9.59 Å². The number of para-hydroxylation sites is 1. The lowest BCUT2D eigenvalue weighted by Crippen LogP contribution is -2.31. The van der Waals surface area contributed by atoms with Crippen molar-refractivity contribution in [3.8, 4) is 0 Å². The third-order valence-electron chi connectivity index (χ3n) is 3.11. The quantitative estimate of drug-likeness (QED) is 0.734. The van der Waals surface area contributed by atoms with Crippen molar-refractivity contribution in [1.82, 2.24) is 10.6 Å². The molecule has 5 nitrogen and oxygen atoms in total. The van der Waals surface area contributed by atoms with Crippen LogP contribution in [0, 0.1) is 6.92 Å². The molecule has 0 spiro atoms. The van der Waals surface area contributed by atoms with Gasteiger partial charge in [0, 0.05) is 31.3 Å². The molecule has 0 fully saturated rings. The zero-order valence-corrected chi connectivity index (χ0v) is 10.5. The molecule has 0 aromatic heterocycles. The molecular weight excluding hydrogens is 230 g/mol. The molecule has 0 aliphatic carbocycles. The first-order chi connectivity index (χ1) is 8.63. The third kappa shape index (κ3) is 2.36. The van der Waals surface area contributed by atoms with Crippen LogP contribution in [0.3, 0.4) is 0 Å². The molecule has 0 bridgehead atoms. The highest BCUT2D eigenvalue weighted by atomic mass is 16.2. The molecule has 1 aromatic carbocycles. The van der Waals surface area contributed by atoms with E-state index in [4.69, 9.17) is 0 Å². The van der Waals surface area contributed by atoms with E-state index in [1.165, 1.54) is 0 Å². The molecule has 2 amide bonds. The molecule has 1 unspecified atom stereocenters. The highest BCUT2D eigenvalue weighted by Crippen LogP contribution is 2.32. The second-order valence-corrected chi connectivity index (χ2v) is 4.34. The molecule has 1 aromatic rings. The average Bonchev–Trinajstić information content (AvgIpc) is 2.68. The lowest BCUT2D eigenvalue weighted by atomic mass is 10.1. The number of amides is 2. The summed E-state index contributed by atoms with van der Waals surface area (Å²) in [4.78, 5) is 23.0. The summed E-state index contributed by atoms with van der Waals surface area (Å²) in [5, 5.41) is 8.52. The van der Waals surface area contributed by atoms with Gasteiger partial charge in [-0.1, -0.05) is 18.2 Å². The molecule has 0 saturated heterocycles. The van der Waals surface area contributed by atoms with Crippen LogP contribution in [0.1, 0.15) is 23.6 Å². The van der Waals surface area contributed by atoms with Crippen molar-refractivity contribution in [2.45, 2.75) is 19.4 Å². The third-order valence-corrected chi connectivity index (χ3v) is 3.11. The van der Waals surface area contributed by atoms with Crippen molar-refractivity contribution < 1.29 is 9.59 Å². The highest BCUT2D eigenvalue weighted by Gasteiger charge is 2.30. The molecule has 0 radical (unpaired) electrons. The summed E-state index contributed by atoms with van der Waals surface area (Å²) in [5.41, 5.74) is 2.90. The molecule has 0 saturated carbocycles. The topological polar surface area (TPSA) is 70.2 Å². The van der Waals surface area contributed by atoms with Crippen LogP contribution in [0.5, 0.6) is 0 Å². The number of carbonyl (C=O) groups excluding carboxylic acids is 2. The summed E-state index contributed by atoms with van der Waals surface area (Å²) < 4.78 is 0. The van der Waals surface area contributed by atoms with Crippen LogP contribution in [-0.4, -0.2) is 25.4 Å². The highest BCUT2D eigenvalue weighted by molar-refractivity contribution is 6.03. The predicted molar refractivity (Wildman–Crippen MR) is 69.2 cm³/mol. The maximum absolute atomic E-state index is 11.9. The summed E-state index contributed by atoms with van der Waals surface area (Å²) in [6, 6.07) is 5.47. The van der Waals surface area contributed by atoms with Gasteiger partial charge in [0.2, 0.25) is 11.8 Å². The van der Waals surface area contributed by atoms with Gasteiger partial charge < -0.3 is 16.0 Å². The number of anilines is 1. The van der Waals surface area contributed by atoms with Crippen LogP contribution in [0.25, 0.3) is 0 Å². The number of nitrogens with one attached hydrogen (secondary N) is 3. The Bertz CT molecular complexity index is 485. The Balaban J connectivity index is 2.05. The second kappa shape index (κ2) is 5.18. The Labute approximate surface area is 106 Å². The summed E-state index contributed by atoms with van der Waals surface area (Å²) in [5.74, 6) is -0.0958. The van der Waals surface area contributed by atoms with Crippen molar-refractivity contribution >= 4 is 17.5 Å². The van der Waals surface area contributed by atoms with Crippen molar-refractivity contribution in [1.29, 1.82) is 0 Å². The first-order valence-corrected chi connectivity index (χ1v) is 5.98. The van der Waals surface area contributed by atoms with Gasteiger partial charge in [-0.15, -0.1) is 0 Å². The smallest absolute Gasteiger partial charge is 0.246 e. The van der Waals surface area contributed by atoms with Crippen molar-refractivity contribution in [2.75, 3.05) is 18.9 Å². The second-order valence-electron chi connectivity index (χ2n) is 4.34. The van der Waals surface area contributed by atoms with Crippen LogP contribution in [0.15, 0.2) is 18.2 Å². The summed E-state index contributed by atoms with van der Waals surface area (Å²) in [7, 11) is 1.60. The molecule has 18 heavy (non-hydrogen) atoms. The van der Waals surface area contributed by atoms with Gasteiger partial charge in [-0.3, -0.25) is 9.59 Å². The minimum atomic E-state index is -0.357. The first kappa shape index (κ1) is 12.6. The van der Waals surface area contributed by atoms with Gasteiger partial charge in [0.1, 0.15) is 6.04 Å². The first-order valence-electron chi connectivity index (χ1n) is 5.98. The fraction of sp³-hybridized carbons (Fsp3) is 0.385. The van der Waals surface area contributed by atoms with Crippen LogP contribution < -0.4 is 16.0 Å². The SMILES string of the molecule is CNC(=O)CCNC1C(=O)Nc2c(C)cccc21. The number of rotatable bonds is 4. The van der Waals surface area contributed by atoms with Gasteiger partial charge in [-0.25, -0.2) is 0 Å². The Hall–Kier alpha value is -1.88. The molecule has 96 valence electrons. The summed E-state index contributed by atoms with van der Waals surface area (Å²) in [6.45, 7) is 2.44. The van der Waals surface area contributed by atoms with Gasteiger partial charge in [0.05, 0.1) is 0 Å². The Morgan fingerprint density at radius 3 is 2.94 bits per heavy atom. The summed E-state index contributed by atoms with van der Waals surface area (Å²) >= 11 is 0. The molecule has 1 heterocycles. The Morgan fingerprint density at radius 1 is 1.44 bits per heavy atom. The normalized spacial score (nSPS) is 17.2. The van der Waals surface area contributed by atoms with Crippen molar-refractivity contribution in [3.63, 3.8) is 0 Å². The molecular formula is C13H17N3O2. The van der Waals surface area contributed by atoms with Crippen LogP contribution in [0.2, 0.25) is 0 Å². The van der Waals surface area contributed by atoms with Crippen LogP contribution in [-0.2, 0) is 9.59 Å². The van der Waals surface area contributed by atoms with E-state index in [-0.39, 0.29) is 17.9 Å². The van der Waals surface area contributed by atoms with Crippen LogP contribution in [0.4, 0.5) is 5.69 Å². The monoisotopic (exact) mass is 247 g/mol. The zero-order chi connectivity index (χ0) is 13.1. The van der Waals surface area contributed by atoms with Crippen molar-refractivity contribution in [2.24, 2.45) is 0 Å². The van der Waals surface area contributed by atoms with Gasteiger partial charge in [-0.2, -0.15) is 0 Å². The largest absolute Gasteiger partial charge is 0.359 e.